The van der Waals surface area contributed by atoms with Crippen molar-refractivity contribution < 1.29 is 14.3 Å². The Labute approximate surface area is 123 Å². The lowest BCUT2D eigenvalue weighted by molar-refractivity contribution is 0.0569. The number of carbonyl (C=O) groups excluding carboxylic acids is 2. The average Bonchev–Trinajstić information content (AvgIpc) is 2.49. The Kier molecular flexibility index (Phi) is 4.62. The first-order chi connectivity index (χ1) is 10.0. The van der Waals surface area contributed by atoms with Crippen molar-refractivity contribution in [3.63, 3.8) is 0 Å². The van der Waals surface area contributed by atoms with Crippen LogP contribution in [0, 0.1) is 6.92 Å². The van der Waals surface area contributed by atoms with E-state index >= 15 is 0 Å². The second kappa shape index (κ2) is 6.43. The van der Waals surface area contributed by atoms with Crippen molar-refractivity contribution in [1.82, 2.24) is 14.8 Å². The van der Waals surface area contributed by atoms with Gasteiger partial charge in [0.05, 0.1) is 29.7 Å². The van der Waals surface area contributed by atoms with Gasteiger partial charge in [-0.1, -0.05) is 0 Å². The van der Waals surface area contributed by atoms with Crippen molar-refractivity contribution in [1.29, 1.82) is 0 Å². The summed E-state index contributed by atoms with van der Waals surface area (Å²) in [5.41, 5.74) is 7.32. The zero-order valence-electron chi connectivity index (χ0n) is 12.3. The zero-order valence-corrected chi connectivity index (χ0v) is 12.3. The SMILES string of the molecule is CCOC(=O)N1CCN(C(=O)c2cc(N)cnc2C)CC1. The van der Waals surface area contributed by atoms with Crippen molar-refractivity contribution in [3.8, 4) is 0 Å². The van der Waals surface area contributed by atoms with E-state index in [0.717, 1.165) is 0 Å². The van der Waals surface area contributed by atoms with Crippen LogP contribution in [0.5, 0.6) is 0 Å². The maximum Gasteiger partial charge on any atom is 0.409 e. The van der Waals surface area contributed by atoms with Crippen LogP contribution in [0.15, 0.2) is 12.3 Å². The number of amides is 2. The van der Waals surface area contributed by atoms with Crippen molar-refractivity contribution >= 4 is 17.7 Å². The summed E-state index contributed by atoms with van der Waals surface area (Å²) in [6.45, 7) is 5.80. The molecule has 0 aliphatic carbocycles. The van der Waals surface area contributed by atoms with Crippen LogP contribution in [0.25, 0.3) is 0 Å². The molecule has 1 aromatic rings. The Morgan fingerprint density at radius 3 is 2.52 bits per heavy atom. The van der Waals surface area contributed by atoms with Gasteiger partial charge in [-0.15, -0.1) is 0 Å². The molecule has 1 aromatic heterocycles. The van der Waals surface area contributed by atoms with Crippen LogP contribution in [0.3, 0.4) is 0 Å². The van der Waals surface area contributed by atoms with Gasteiger partial charge in [-0.2, -0.15) is 0 Å². The third-order valence-corrected chi connectivity index (χ3v) is 3.43. The van der Waals surface area contributed by atoms with Crippen LogP contribution in [0.1, 0.15) is 23.0 Å². The van der Waals surface area contributed by atoms with E-state index in [0.29, 0.717) is 49.7 Å². The number of hydrogen-bond donors (Lipinski definition) is 1. The van der Waals surface area contributed by atoms with Crippen molar-refractivity contribution in [2.24, 2.45) is 0 Å². The first-order valence-corrected chi connectivity index (χ1v) is 6.96. The second-order valence-corrected chi connectivity index (χ2v) is 4.88. The molecule has 0 saturated carbocycles. The molecule has 0 bridgehead atoms. The number of rotatable bonds is 2. The van der Waals surface area contributed by atoms with Crippen LogP contribution in [-0.4, -0.2) is 59.6 Å². The lowest BCUT2D eigenvalue weighted by atomic mass is 10.1. The Morgan fingerprint density at radius 1 is 1.29 bits per heavy atom. The van der Waals surface area contributed by atoms with Crippen LogP contribution in [-0.2, 0) is 4.74 Å². The van der Waals surface area contributed by atoms with Crippen LogP contribution in [0.2, 0.25) is 0 Å². The fraction of sp³-hybridized carbons (Fsp3) is 0.500. The number of hydrogen-bond acceptors (Lipinski definition) is 5. The topological polar surface area (TPSA) is 88.8 Å². The molecular weight excluding hydrogens is 272 g/mol. The molecule has 114 valence electrons. The number of aryl methyl sites for hydroxylation is 1. The van der Waals surface area contributed by atoms with Crippen LogP contribution >= 0.6 is 0 Å². The van der Waals surface area contributed by atoms with E-state index in [1.807, 2.05) is 0 Å². The fourth-order valence-electron chi connectivity index (χ4n) is 2.24. The molecule has 21 heavy (non-hydrogen) atoms. The minimum Gasteiger partial charge on any atom is -0.450 e. The molecule has 0 radical (unpaired) electrons. The van der Waals surface area contributed by atoms with E-state index in [2.05, 4.69) is 4.98 Å². The van der Waals surface area contributed by atoms with Gasteiger partial charge in [0, 0.05) is 26.2 Å². The normalized spacial score (nSPS) is 15.0. The smallest absolute Gasteiger partial charge is 0.409 e. The fourth-order valence-corrected chi connectivity index (χ4v) is 2.24. The Hall–Kier alpha value is -2.31. The third kappa shape index (κ3) is 3.42. The molecule has 2 N–H and O–H groups in total. The van der Waals surface area contributed by atoms with Gasteiger partial charge in [0.15, 0.2) is 0 Å². The van der Waals surface area contributed by atoms with Gasteiger partial charge in [0.1, 0.15) is 0 Å². The molecule has 0 spiro atoms. The lowest BCUT2D eigenvalue weighted by Gasteiger charge is -2.34. The zero-order chi connectivity index (χ0) is 15.4. The molecule has 2 heterocycles. The molecule has 1 aliphatic heterocycles. The molecule has 7 nitrogen and oxygen atoms in total. The number of pyridine rings is 1. The molecule has 1 saturated heterocycles. The van der Waals surface area contributed by atoms with Crippen molar-refractivity contribution in [2.45, 2.75) is 13.8 Å². The highest BCUT2D eigenvalue weighted by atomic mass is 16.6. The van der Waals surface area contributed by atoms with Gasteiger partial charge in [-0.3, -0.25) is 9.78 Å². The van der Waals surface area contributed by atoms with Gasteiger partial charge < -0.3 is 20.3 Å². The number of piperazine rings is 1. The maximum atomic E-state index is 12.5. The van der Waals surface area contributed by atoms with Gasteiger partial charge >= 0.3 is 6.09 Å². The number of carbonyl (C=O) groups is 2. The van der Waals surface area contributed by atoms with E-state index in [9.17, 15) is 9.59 Å². The lowest BCUT2D eigenvalue weighted by Crippen LogP contribution is -2.50. The molecule has 1 aliphatic rings. The molecule has 0 atom stereocenters. The molecule has 0 unspecified atom stereocenters. The average molecular weight is 292 g/mol. The summed E-state index contributed by atoms with van der Waals surface area (Å²) in [6.07, 6.45) is 1.21. The van der Waals surface area contributed by atoms with Gasteiger partial charge in [0.2, 0.25) is 0 Å². The number of aromatic nitrogens is 1. The predicted octanol–water partition coefficient (Wildman–Crippen LogP) is 0.887. The summed E-state index contributed by atoms with van der Waals surface area (Å²) in [4.78, 5) is 31.5. The highest BCUT2D eigenvalue weighted by molar-refractivity contribution is 5.96. The summed E-state index contributed by atoms with van der Waals surface area (Å²) in [5.74, 6) is -0.101. The molecule has 2 amide bonds. The minimum absolute atomic E-state index is 0.101. The van der Waals surface area contributed by atoms with Crippen LogP contribution < -0.4 is 5.73 Å². The standard InChI is InChI=1S/C14H20N4O3/c1-3-21-14(20)18-6-4-17(5-7-18)13(19)12-8-11(15)9-16-10(12)2/h8-9H,3-7,15H2,1-2H3. The first kappa shape index (κ1) is 15.1. The molecule has 7 heteroatoms. The molecular formula is C14H20N4O3. The highest BCUT2D eigenvalue weighted by Gasteiger charge is 2.26. The highest BCUT2D eigenvalue weighted by Crippen LogP contribution is 2.14. The summed E-state index contributed by atoms with van der Waals surface area (Å²) in [5, 5.41) is 0. The Bertz CT molecular complexity index is 539. The number of ether oxygens (including phenoxy) is 1. The summed E-state index contributed by atoms with van der Waals surface area (Å²) in [7, 11) is 0. The van der Waals surface area contributed by atoms with E-state index in [1.165, 1.54) is 6.20 Å². The maximum absolute atomic E-state index is 12.5. The minimum atomic E-state index is -0.327. The first-order valence-electron chi connectivity index (χ1n) is 6.96. The quantitative estimate of drug-likeness (QED) is 0.874. The largest absolute Gasteiger partial charge is 0.450 e. The summed E-state index contributed by atoms with van der Waals surface area (Å²) >= 11 is 0. The van der Waals surface area contributed by atoms with Crippen molar-refractivity contribution in [3.05, 3.63) is 23.5 Å². The molecule has 2 rings (SSSR count). The Morgan fingerprint density at radius 2 is 1.90 bits per heavy atom. The third-order valence-electron chi connectivity index (χ3n) is 3.43. The van der Waals surface area contributed by atoms with Gasteiger partial charge in [-0.05, 0) is 19.9 Å². The summed E-state index contributed by atoms with van der Waals surface area (Å²) in [6, 6.07) is 1.64. The molecule has 1 fully saturated rings. The van der Waals surface area contributed by atoms with Gasteiger partial charge in [0.25, 0.3) is 5.91 Å². The van der Waals surface area contributed by atoms with Crippen molar-refractivity contribution in [2.75, 3.05) is 38.5 Å². The Balaban J connectivity index is 2.00. The van der Waals surface area contributed by atoms with E-state index in [4.69, 9.17) is 10.5 Å². The number of nitrogen functional groups attached to an aromatic ring is 1. The van der Waals surface area contributed by atoms with E-state index in [-0.39, 0.29) is 12.0 Å². The van der Waals surface area contributed by atoms with Crippen LogP contribution in [0.4, 0.5) is 10.5 Å². The summed E-state index contributed by atoms with van der Waals surface area (Å²) < 4.78 is 4.95. The number of nitrogens with two attached hydrogens (primary N) is 1. The second-order valence-electron chi connectivity index (χ2n) is 4.88. The number of nitrogens with zero attached hydrogens (tertiary/aromatic N) is 3. The van der Waals surface area contributed by atoms with E-state index < -0.39 is 0 Å². The van der Waals surface area contributed by atoms with E-state index in [1.54, 1.807) is 29.7 Å². The number of anilines is 1. The monoisotopic (exact) mass is 292 g/mol. The molecule has 0 aromatic carbocycles. The van der Waals surface area contributed by atoms with Gasteiger partial charge in [-0.25, -0.2) is 4.79 Å². The predicted molar refractivity (Wildman–Crippen MR) is 77.9 cm³/mol.